The molecule has 0 saturated carbocycles. The van der Waals surface area contributed by atoms with Crippen molar-refractivity contribution in [2.75, 3.05) is 0 Å². The normalized spacial score (nSPS) is 11.1. The van der Waals surface area contributed by atoms with Crippen molar-refractivity contribution >= 4 is 28.7 Å². The molecule has 0 atom stereocenters. The largest absolute Gasteiger partial charge is 0.269 e. The van der Waals surface area contributed by atoms with Gasteiger partial charge in [-0.25, -0.2) is 0 Å². The maximum Gasteiger partial charge on any atom is 0.269 e. The topological polar surface area (TPSA) is 47.0 Å². The zero-order valence-electron chi connectivity index (χ0n) is 13.7. The highest BCUT2D eigenvalue weighted by molar-refractivity contribution is 5.76. The number of aromatic nitrogens is 1. The SMILES string of the molecule is C[n+]1c(C=CC=Cc2ccc([N+](=O)[O-])cc2)ccc2ccccc21.[IH2+]. The first kappa shape index (κ1) is 18.8. The van der Waals surface area contributed by atoms with Crippen molar-refractivity contribution in [2.24, 2.45) is 7.05 Å². The van der Waals surface area contributed by atoms with E-state index >= 15 is 0 Å². The lowest BCUT2D eigenvalue weighted by Gasteiger charge is -1.99. The second kappa shape index (κ2) is 8.53. The predicted octanol–water partition coefficient (Wildman–Crippen LogP) is 0.768. The Labute approximate surface area is 163 Å². The lowest BCUT2D eigenvalue weighted by molar-refractivity contribution is -0.646. The van der Waals surface area contributed by atoms with Crippen molar-refractivity contribution in [2.45, 2.75) is 0 Å². The fraction of sp³-hybridized carbons (Fsp3) is 0.0500. The minimum Gasteiger partial charge on any atom is -0.258 e. The van der Waals surface area contributed by atoms with Gasteiger partial charge in [0.15, 0.2) is 0 Å². The van der Waals surface area contributed by atoms with Crippen LogP contribution in [0, 0.1) is 10.1 Å². The molecule has 1 heterocycles. The van der Waals surface area contributed by atoms with Crippen molar-refractivity contribution in [3.8, 4) is 0 Å². The third-order valence-electron chi connectivity index (χ3n) is 3.89. The van der Waals surface area contributed by atoms with E-state index in [1.54, 1.807) is 12.1 Å². The predicted molar refractivity (Wildman–Crippen MR) is 99.1 cm³/mol. The van der Waals surface area contributed by atoms with E-state index in [4.69, 9.17) is 0 Å². The van der Waals surface area contributed by atoms with E-state index in [1.807, 2.05) is 43.5 Å². The summed E-state index contributed by atoms with van der Waals surface area (Å²) in [6.07, 6.45) is 7.84. The Bertz CT molecular complexity index is 948. The average Bonchev–Trinajstić information content (AvgIpc) is 2.61. The molecule has 0 aliphatic carbocycles. The van der Waals surface area contributed by atoms with Gasteiger partial charge in [-0.1, -0.05) is 30.4 Å². The molecule has 2 aromatic carbocycles. The van der Waals surface area contributed by atoms with Crippen LogP contribution in [0.15, 0.2) is 72.8 Å². The monoisotopic (exact) mass is 446 g/mol. The summed E-state index contributed by atoms with van der Waals surface area (Å²) in [6.45, 7) is 0. The highest BCUT2D eigenvalue weighted by Crippen LogP contribution is 2.13. The van der Waals surface area contributed by atoms with Gasteiger partial charge in [-0.05, 0) is 29.8 Å². The lowest BCUT2D eigenvalue weighted by Crippen LogP contribution is -3.00. The first-order chi connectivity index (χ1) is 11.6. The molecular weight excluding hydrogens is 427 g/mol. The maximum atomic E-state index is 10.6. The Hall–Kier alpha value is -2.54. The van der Waals surface area contributed by atoms with Gasteiger partial charge in [0.2, 0.25) is 35.2 Å². The van der Waals surface area contributed by atoms with Crippen LogP contribution in [0.1, 0.15) is 11.3 Å². The van der Waals surface area contributed by atoms with Crippen LogP contribution in [0.3, 0.4) is 0 Å². The van der Waals surface area contributed by atoms with Crippen molar-refractivity contribution in [3.63, 3.8) is 0 Å². The van der Waals surface area contributed by atoms with E-state index < -0.39 is 4.92 Å². The number of halogens is 1. The van der Waals surface area contributed by atoms with E-state index in [9.17, 15) is 10.1 Å². The minimum atomic E-state index is -0.396. The maximum absolute atomic E-state index is 10.6. The summed E-state index contributed by atoms with van der Waals surface area (Å²) in [5, 5.41) is 11.8. The van der Waals surface area contributed by atoms with Crippen LogP contribution in [-0.4, -0.2) is 4.92 Å². The van der Waals surface area contributed by atoms with Crippen molar-refractivity contribution < 1.29 is 33.5 Å². The number of hydrogen-bond donors (Lipinski definition) is 0. The molecule has 0 radical (unpaired) electrons. The molecule has 0 fully saturated rings. The molecule has 25 heavy (non-hydrogen) atoms. The third-order valence-corrected chi connectivity index (χ3v) is 3.89. The van der Waals surface area contributed by atoms with Gasteiger partial charge < -0.3 is 0 Å². The number of aryl methyl sites for hydroxylation is 1. The Morgan fingerprint density at radius 1 is 0.920 bits per heavy atom. The van der Waals surface area contributed by atoms with Crippen molar-refractivity contribution in [1.82, 2.24) is 0 Å². The smallest absolute Gasteiger partial charge is 0.258 e. The van der Waals surface area contributed by atoms with Gasteiger partial charge in [-0.15, -0.1) is 0 Å². The number of fused-ring (bicyclic) bond motifs is 1. The first-order valence-electron chi connectivity index (χ1n) is 7.62. The van der Waals surface area contributed by atoms with Gasteiger partial charge in [0, 0.05) is 35.7 Å². The Morgan fingerprint density at radius 2 is 1.60 bits per heavy atom. The summed E-state index contributed by atoms with van der Waals surface area (Å²) in [5.41, 5.74) is 3.31. The fourth-order valence-corrected chi connectivity index (χ4v) is 2.56. The molecule has 0 amide bonds. The highest BCUT2D eigenvalue weighted by atomic mass is 127. The Balaban J connectivity index is 0.00000225. The van der Waals surface area contributed by atoms with Gasteiger partial charge in [-0.2, -0.15) is 4.57 Å². The van der Waals surface area contributed by atoms with Crippen molar-refractivity contribution in [1.29, 1.82) is 0 Å². The number of benzene rings is 2. The summed E-state index contributed by atoms with van der Waals surface area (Å²) in [5.74, 6) is 0. The zero-order valence-corrected chi connectivity index (χ0v) is 16.3. The van der Waals surface area contributed by atoms with Gasteiger partial charge in [0.1, 0.15) is 7.05 Å². The van der Waals surface area contributed by atoms with Gasteiger partial charge in [0.05, 0.1) is 4.92 Å². The molecule has 0 bridgehead atoms. The Morgan fingerprint density at radius 3 is 2.32 bits per heavy atom. The van der Waals surface area contributed by atoms with Crippen LogP contribution >= 0.6 is 0 Å². The lowest BCUT2D eigenvalue weighted by atomic mass is 10.1. The molecule has 5 heteroatoms. The van der Waals surface area contributed by atoms with Crippen LogP contribution in [0.4, 0.5) is 5.69 Å². The molecule has 0 saturated heterocycles. The van der Waals surface area contributed by atoms with Gasteiger partial charge in [0.25, 0.3) is 5.69 Å². The molecule has 0 aliphatic rings. The van der Waals surface area contributed by atoms with Crippen LogP contribution in [0.5, 0.6) is 0 Å². The molecule has 0 N–H and O–H groups in total. The number of pyridine rings is 1. The standard InChI is InChI=1S/C20H17N2O2.H2I/c1-21-18(15-12-17-7-3-5-9-20(17)21)8-4-2-6-16-10-13-19(14-11-16)22(23)24;/h2-15H,1H3;1H2/q2*+1. The number of rotatable bonds is 4. The summed E-state index contributed by atoms with van der Waals surface area (Å²) >= 11 is 0. The zero-order chi connectivity index (χ0) is 16.9. The fourth-order valence-electron chi connectivity index (χ4n) is 2.56. The quantitative estimate of drug-likeness (QED) is 0.196. The van der Waals surface area contributed by atoms with E-state index in [0.717, 1.165) is 11.3 Å². The number of non-ortho nitro benzene ring substituents is 1. The third kappa shape index (κ3) is 4.51. The van der Waals surface area contributed by atoms with Crippen LogP contribution in [0.2, 0.25) is 0 Å². The minimum absolute atomic E-state index is 0. The van der Waals surface area contributed by atoms with Crippen molar-refractivity contribution in [3.05, 3.63) is 94.2 Å². The summed E-state index contributed by atoms with van der Waals surface area (Å²) in [7, 11) is 2.04. The average molecular weight is 446 g/mol. The molecule has 3 aromatic rings. The van der Waals surface area contributed by atoms with E-state index in [2.05, 4.69) is 28.8 Å². The summed E-state index contributed by atoms with van der Waals surface area (Å²) in [6, 6.07) is 18.9. The number of allylic oxidation sites excluding steroid dienone is 2. The molecule has 0 aliphatic heterocycles. The number of nitro groups is 1. The van der Waals surface area contributed by atoms with Crippen LogP contribution < -0.4 is 28.5 Å². The molecule has 0 unspecified atom stereocenters. The highest BCUT2D eigenvalue weighted by Gasteiger charge is 2.07. The second-order valence-corrected chi connectivity index (χ2v) is 5.44. The Kier molecular flexibility index (Phi) is 6.41. The molecule has 0 spiro atoms. The molecule has 1 aromatic heterocycles. The van der Waals surface area contributed by atoms with E-state index in [-0.39, 0.29) is 29.7 Å². The van der Waals surface area contributed by atoms with Gasteiger partial charge in [-0.3, -0.25) is 10.1 Å². The van der Waals surface area contributed by atoms with Crippen LogP contribution in [0.25, 0.3) is 23.1 Å². The number of nitro benzene ring substituents is 1. The first-order valence-corrected chi connectivity index (χ1v) is 7.62. The van der Waals surface area contributed by atoms with E-state index in [0.29, 0.717) is 0 Å². The number of nitrogens with zero attached hydrogens (tertiary/aromatic N) is 2. The second-order valence-electron chi connectivity index (χ2n) is 5.44. The molecule has 4 nitrogen and oxygen atoms in total. The number of para-hydroxylation sites is 1. The summed E-state index contributed by atoms with van der Waals surface area (Å²) in [4.78, 5) is 10.2. The van der Waals surface area contributed by atoms with Gasteiger partial charge >= 0.3 is 0 Å². The molecule has 3 rings (SSSR count). The van der Waals surface area contributed by atoms with E-state index in [1.165, 1.54) is 23.0 Å². The number of hydrogen-bond acceptors (Lipinski definition) is 2. The molecule has 126 valence electrons. The summed E-state index contributed by atoms with van der Waals surface area (Å²) < 4.78 is 2.14. The molecular formula is C20H19IN2O2+2. The van der Waals surface area contributed by atoms with Crippen LogP contribution in [-0.2, 0) is 7.05 Å².